The normalized spacial score (nSPS) is 10.3. The Bertz CT molecular complexity index is 637. The van der Waals surface area contributed by atoms with Crippen LogP contribution in [0.15, 0.2) is 28.9 Å². The highest BCUT2D eigenvalue weighted by molar-refractivity contribution is 6.33. The predicted octanol–water partition coefficient (Wildman–Crippen LogP) is 2.60. The lowest BCUT2D eigenvalue weighted by Crippen LogP contribution is -1.97. The second-order valence-corrected chi connectivity index (χ2v) is 3.64. The van der Waals surface area contributed by atoms with Crippen LogP contribution in [-0.2, 0) is 0 Å². The summed E-state index contributed by atoms with van der Waals surface area (Å²) in [6, 6.07) is 4.06. The summed E-state index contributed by atoms with van der Waals surface area (Å²) in [6.07, 6.45) is 0.894. The number of hydrogen-bond acceptors (Lipinski definition) is 5. The highest BCUT2D eigenvalue weighted by Crippen LogP contribution is 2.35. The third kappa shape index (κ3) is 2.03. The number of nitro groups is 1. The zero-order chi connectivity index (χ0) is 13.3. The molecule has 18 heavy (non-hydrogen) atoms. The molecule has 1 aromatic carbocycles. The number of carbonyl (C=O) groups is 1. The van der Waals surface area contributed by atoms with Gasteiger partial charge in [0, 0.05) is 6.07 Å². The average molecular weight is 269 g/mol. The molecule has 0 saturated heterocycles. The van der Waals surface area contributed by atoms with E-state index < -0.39 is 10.9 Å². The summed E-state index contributed by atoms with van der Waals surface area (Å²) in [5.74, 6) is -1.50. The van der Waals surface area contributed by atoms with Crippen LogP contribution in [0.25, 0.3) is 11.5 Å². The van der Waals surface area contributed by atoms with Gasteiger partial charge in [-0.1, -0.05) is 17.7 Å². The van der Waals surface area contributed by atoms with E-state index >= 15 is 0 Å². The molecule has 0 bridgehead atoms. The molecule has 1 N–H and O–H groups in total. The van der Waals surface area contributed by atoms with Crippen LogP contribution in [0.2, 0.25) is 5.02 Å². The lowest BCUT2D eigenvalue weighted by Gasteiger charge is -2.00. The number of nitrogens with zero attached hydrogens (tertiary/aromatic N) is 2. The molecule has 0 aliphatic carbocycles. The smallest absolute Gasteiger partial charge is 0.357 e. The second kappa shape index (κ2) is 4.46. The summed E-state index contributed by atoms with van der Waals surface area (Å²) in [6.45, 7) is 0. The molecule has 2 aromatic rings. The highest BCUT2D eigenvalue weighted by atomic mass is 35.5. The van der Waals surface area contributed by atoms with Crippen LogP contribution in [0, 0.1) is 10.1 Å². The fraction of sp³-hybridized carbons (Fsp3) is 0. The molecule has 0 unspecified atom stereocenters. The predicted molar refractivity (Wildman–Crippen MR) is 60.6 cm³/mol. The van der Waals surface area contributed by atoms with Gasteiger partial charge in [-0.05, 0) is 6.07 Å². The lowest BCUT2D eigenvalue weighted by molar-refractivity contribution is -0.384. The number of hydrogen-bond donors (Lipinski definition) is 1. The first-order valence-electron chi connectivity index (χ1n) is 4.63. The van der Waals surface area contributed by atoms with E-state index in [0.717, 1.165) is 6.26 Å². The number of aromatic nitrogens is 1. The molecule has 1 aromatic heterocycles. The molecule has 0 spiro atoms. The summed E-state index contributed by atoms with van der Waals surface area (Å²) >= 11 is 5.84. The Hall–Kier alpha value is -2.41. The first-order chi connectivity index (χ1) is 8.50. The summed E-state index contributed by atoms with van der Waals surface area (Å²) in [5, 5.41) is 19.6. The largest absolute Gasteiger partial charge is 0.476 e. The fourth-order valence-corrected chi connectivity index (χ4v) is 1.61. The van der Waals surface area contributed by atoms with E-state index in [1.54, 1.807) is 0 Å². The van der Waals surface area contributed by atoms with E-state index in [2.05, 4.69) is 4.98 Å². The molecule has 0 aliphatic rings. The topological polar surface area (TPSA) is 106 Å². The van der Waals surface area contributed by atoms with Crippen LogP contribution in [0.3, 0.4) is 0 Å². The number of benzene rings is 1. The van der Waals surface area contributed by atoms with Crippen molar-refractivity contribution in [3.05, 3.63) is 45.3 Å². The Morgan fingerprint density at radius 2 is 2.22 bits per heavy atom. The molecule has 0 aliphatic heterocycles. The van der Waals surface area contributed by atoms with Gasteiger partial charge in [-0.2, -0.15) is 0 Å². The Morgan fingerprint density at radius 1 is 1.50 bits per heavy atom. The Balaban J connectivity index is 2.62. The first-order valence-corrected chi connectivity index (χ1v) is 5.00. The standard InChI is InChI=1S/C10H5ClN2O5/c11-5-2-1-3-7(13(16)17)8(5)9-12-6(4-18-9)10(14)15/h1-4H,(H,14,15). The SMILES string of the molecule is O=C(O)c1coc(-c2c(Cl)cccc2[N+](=O)[O-])n1. The van der Waals surface area contributed by atoms with Gasteiger partial charge in [-0.15, -0.1) is 0 Å². The summed E-state index contributed by atoms with van der Waals surface area (Å²) in [5.41, 5.74) is -0.697. The quantitative estimate of drug-likeness (QED) is 0.677. The van der Waals surface area contributed by atoms with Crippen molar-refractivity contribution in [1.29, 1.82) is 0 Å². The van der Waals surface area contributed by atoms with Crippen molar-refractivity contribution in [1.82, 2.24) is 4.98 Å². The minimum atomic E-state index is -1.29. The Labute approximate surface area is 105 Å². The lowest BCUT2D eigenvalue weighted by atomic mass is 10.2. The summed E-state index contributed by atoms with van der Waals surface area (Å²) in [7, 11) is 0. The molecule has 2 rings (SSSR count). The van der Waals surface area contributed by atoms with Crippen LogP contribution in [0.5, 0.6) is 0 Å². The number of carboxylic acid groups (broad SMARTS) is 1. The molecule has 0 radical (unpaired) electrons. The van der Waals surface area contributed by atoms with Gasteiger partial charge in [0.05, 0.1) is 9.95 Å². The van der Waals surface area contributed by atoms with E-state index in [1.807, 2.05) is 0 Å². The second-order valence-electron chi connectivity index (χ2n) is 3.23. The van der Waals surface area contributed by atoms with Gasteiger partial charge >= 0.3 is 5.97 Å². The van der Waals surface area contributed by atoms with Gasteiger partial charge in [-0.25, -0.2) is 9.78 Å². The maximum Gasteiger partial charge on any atom is 0.357 e. The van der Waals surface area contributed by atoms with Crippen molar-refractivity contribution in [2.45, 2.75) is 0 Å². The van der Waals surface area contributed by atoms with Crippen molar-refractivity contribution in [3.63, 3.8) is 0 Å². The van der Waals surface area contributed by atoms with Crippen LogP contribution in [0.1, 0.15) is 10.5 Å². The average Bonchev–Trinajstić information content (AvgIpc) is 2.77. The van der Waals surface area contributed by atoms with Gasteiger partial charge < -0.3 is 9.52 Å². The molecule has 0 saturated carbocycles. The molecule has 8 heteroatoms. The van der Waals surface area contributed by atoms with E-state index in [-0.39, 0.29) is 27.9 Å². The zero-order valence-electron chi connectivity index (χ0n) is 8.66. The van der Waals surface area contributed by atoms with Gasteiger partial charge in [0.2, 0.25) is 5.89 Å². The minimum absolute atomic E-state index is 0.0448. The van der Waals surface area contributed by atoms with E-state index in [0.29, 0.717) is 0 Å². The van der Waals surface area contributed by atoms with Crippen molar-refractivity contribution in [3.8, 4) is 11.5 Å². The van der Waals surface area contributed by atoms with E-state index in [9.17, 15) is 14.9 Å². The van der Waals surface area contributed by atoms with Crippen molar-refractivity contribution in [2.24, 2.45) is 0 Å². The third-order valence-electron chi connectivity index (χ3n) is 2.13. The molecular weight excluding hydrogens is 264 g/mol. The zero-order valence-corrected chi connectivity index (χ0v) is 9.42. The maximum atomic E-state index is 10.8. The van der Waals surface area contributed by atoms with Crippen LogP contribution in [-0.4, -0.2) is 21.0 Å². The summed E-state index contributed by atoms with van der Waals surface area (Å²) < 4.78 is 4.90. The molecule has 92 valence electrons. The van der Waals surface area contributed by atoms with Crippen LogP contribution in [0.4, 0.5) is 5.69 Å². The number of nitro benzene ring substituents is 1. The van der Waals surface area contributed by atoms with Gasteiger partial charge in [-0.3, -0.25) is 10.1 Å². The van der Waals surface area contributed by atoms with Crippen LogP contribution >= 0.6 is 11.6 Å². The van der Waals surface area contributed by atoms with Gasteiger partial charge in [0.15, 0.2) is 5.69 Å². The highest BCUT2D eigenvalue weighted by Gasteiger charge is 2.23. The number of oxazole rings is 1. The Morgan fingerprint density at radius 3 is 2.78 bits per heavy atom. The van der Waals surface area contributed by atoms with Crippen molar-refractivity contribution < 1.29 is 19.2 Å². The van der Waals surface area contributed by atoms with Gasteiger partial charge in [0.1, 0.15) is 11.8 Å². The molecular formula is C10H5ClN2O5. The van der Waals surface area contributed by atoms with Crippen LogP contribution < -0.4 is 0 Å². The number of aromatic carboxylic acids is 1. The molecule has 0 amide bonds. The monoisotopic (exact) mass is 268 g/mol. The molecule has 7 nitrogen and oxygen atoms in total. The third-order valence-corrected chi connectivity index (χ3v) is 2.44. The molecule has 1 heterocycles. The Kier molecular flexibility index (Phi) is 2.99. The molecule has 0 fully saturated rings. The number of halogens is 1. The maximum absolute atomic E-state index is 10.8. The number of carboxylic acids is 1. The van der Waals surface area contributed by atoms with Crippen molar-refractivity contribution in [2.75, 3.05) is 0 Å². The first kappa shape index (κ1) is 12.1. The van der Waals surface area contributed by atoms with E-state index in [4.69, 9.17) is 21.1 Å². The minimum Gasteiger partial charge on any atom is -0.476 e. The van der Waals surface area contributed by atoms with Gasteiger partial charge in [0.25, 0.3) is 5.69 Å². The van der Waals surface area contributed by atoms with E-state index in [1.165, 1.54) is 18.2 Å². The van der Waals surface area contributed by atoms with Crippen molar-refractivity contribution >= 4 is 23.3 Å². The number of rotatable bonds is 3. The molecule has 0 atom stereocenters. The summed E-state index contributed by atoms with van der Waals surface area (Å²) in [4.78, 5) is 24.5. The fourth-order valence-electron chi connectivity index (χ4n) is 1.36.